The van der Waals surface area contributed by atoms with Gasteiger partial charge in [0.15, 0.2) is 0 Å². The van der Waals surface area contributed by atoms with Gasteiger partial charge in [-0.05, 0) is 24.3 Å². The summed E-state index contributed by atoms with van der Waals surface area (Å²) in [7, 11) is 0. The molecule has 1 heterocycles. The minimum atomic E-state index is -0.281. The lowest BCUT2D eigenvalue weighted by Gasteiger charge is -2.44. The van der Waals surface area contributed by atoms with Gasteiger partial charge >= 0.3 is 6.09 Å². The quantitative estimate of drug-likeness (QED) is 0.927. The number of amides is 1. The zero-order valence-electron chi connectivity index (χ0n) is 12.9. The van der Waals surface area contributed by atoms with Crippen LogP contribution in [0.3, 0.4) is 0 Å². The van der Waals surface area contributed by atoms with Crippen LogP contribution in [-0.4, -0.2) is 35.8 Å². The van der Waals surface area contributed by atoms with E-state index in [2.05, 4.69) is 13.8 Å². The Labute approximate surface area is 126 Å². The van der Waals surface area contributed by atoms with Gasteiger partial charge in [0.2, 0.25) is 0 Å². The van der Waals surface area contributed by atoms with Crippen molar-refractivity contribution in [2.75, 3.05) is 19.7 Å². The second kappa shape index (κ2) is 6.94. The zero-order chi connectivity index (χ0) is 15.3. The van der Waals surface area contributed by atoms with Crippen molar-refractivity contribution >= 4 is 6.09 Å². The lowest BCUT2D eigenvalue weighted by atomic mass is 9.72. The second-order valence-corrected chi connectivity index (χ2v) is 6.24. The number of aliphatic hydroxyl groups excluding tert-OH is 1. The van der Waals surface area contributed by atoms with Crippen molar-refractivity contribution in [3.8, 4) is 0 Å². The summed E-state index contributed by atoms with van der Waals surface area (Å²) in [5.74, 6) is 0.340. The summed E-state index contributed by atoms with van der Waals surface area (Å²) in [6, 6.07) is 9.68. The van der Waals surface area contributed by atoms with Crippen LogP contribution in [0, 0.1) is 11.3 Å². The van der Waals surface area contributed by atoms with E-state index >= 15 is 0 Å². The molecule has 1 aromatic carbocycles. The summed E-state index contributed by atoms with van der Waals surface area (Å²) in [4.78, 5) is 14.0. The number of rotatable bonds is 4. The van der Waals surface area contributed by atoms with Crippen LogP contribution >= 0.6 is 0 Å². The van der Waals surface area contributed by atoms with Crippen molar-refractivity contribution in [3.05, 3.63) is 35.9 Å². The van der Waals surface area contributed by atoms with Gasteiger partial charge in [-0.15, -0.1) is 0 Å². The number of nitrogens with zero attached hydrogens (tertiary/aromatic N) is 1. The molecule has 1 N–H and O–H groups in total. The van der Waals surface area contributed by atoms with Crippen LogP contribution in [0.1, 0.15) is 32.3 Å². The lowest BCUT2D eigenvalue weighted by molar-refractivity contribution is -0.00579. The van der Waals surface area contributed by atoms with Crippen molar-refractivity contribution in [2.45, 2.75) is 33.3 Å². The van der Waals surface area contributed by atoms with Gasteiger partial charge in [0, 0.05) is 18.5 Å². The van der Waals surface area contributed by atoms with E-state index in [1.165, 1.54) is 0 Å². The van der Waals surface area contributed by atoms with Gasteiger partial charge in [0.05, 0.1) is 6.61 Å². The fourth-order valence-electron chi connectivity index (χ4n) is 2.91. The van der Waals surface area contributed by atoms with E-state index in [9.17, 15) is 9.90 Å². The summed E-state index contributed by atoms with van der Waals surface area (Å²) >= 11 is 0. The molecule has 2 rings (SSSR count). The highest BCUT2D eigenvalue weighted by Gasteiger charge is 2.39. The minimum Gasteiger partial charge on any atom is -0.445 e. The molecule has 4 nitrogen and oxygen atoms in total. The molecule has 1 aliphatic heterocycles. The molecule has 116 valence electrons. The first-order valence-corrected chi connectivity index (χ1v) is 7.64. The van der Waals surface area contributed by atoms with Gasteiger partial charge in [-0.1, -0.05) is 44.2 Å². The van der Waals surface area contributed by atoms with Crippen LogP contribution in [0.15, 0.2) is 30.3 Å². The fourth-order valence-corrected chi connectivity index (χ4v) is 2.91. The smallest absolute Gasteiger partial charge is 0.410 e. The highest BCUT2D eigenvalue weighted by Crippen LogP contribution is 2.36. The lowest BCUT2D eigenvalue weighted by Crippen LogP contribution is -2.50. The molecule has 1 aliphatic rings. The largest absolute Gasteiger partial charge is 0.445 e. The zero-order valence-corrected chi connectivity index (χ0v) is 12.9. The number of piperidine rings is 1. The second-order valence-electron chi connectivity index (χ2n) is 6.24. The topological polar surface area (TPSA) is 49.8 Å². The number of ether oxygens (including phenoxy) is 1. The van der Waals surface area contributed by atoms with Gasteiger partial charge in [-0.2, -0.15) is 0 Å². The molecule has 0 radical (unpaired) electrons. The maximum absolute atomic E-state index is 12.2. The molecule has 1 atom stereocenters. The molecular formula is C17H25NO3. The van der Waals surface area contributed by atoms with Gasteiger partial charge in [0.25, 0.3) is 0 Å². The van der Waals surface area contributed by atoms with E-state index in [4.69, 9.17) is 4.74 Å². The van der Waals surface area contributed by atoms with Gasteiger partial charge in [-0.25, -0.2) is 4.79 Å². The third-order valence-electron chi connectivity index (χ3n) is 4.61. The van der Waals surface area contributed by atoms with Crippen molar-refractivity contribution in [1.29, 1.82) is 0 Å². The first-order chi connectivity index (χ1) is 10.1. The van der Waals surface area contributed by atoms with E-state index in [1.807, 2.05) is 30.3 Å². The third-order valence-corrected chi connectivity index (χ3v) is 4.61. The average molecular weight is 291 g/mol. The number of carbonyl (C=O) groups is 1. The Balaban J connectivity index is 1.93. The first-order valence-electron chi connectivity index (χ1n) is 7.64. The van der Waals surface area contributed by atoms with E-state index in [-0.39, 0.29) is 18.1 Å². The molecule has 21 heavy (non-hydrogen) atoms. The predicted molar refractivity (Wildman–Crippen MR) is 81.8 cm³/mol. The van der Waals surface area contributed by atoms with E-state index < -0.39 is 0 Å². The number of aliphatic hydroxyl groups is 1. The van der Waals surface area contributed by atoms with Crippen LogP contribution < -0.4 is 0 Å². The Morgan fingerprint density at radius 3 is 2.71 bits per heavy atom. The Hall–Kier alpha value is -1.55. The maximum Gasteiger partial charge on any atom is 0.410 e. The molecule has 1 aromatic rings. The number of likely N-dealkylation sites (tertiary alicyclic amines) is 1. The monoisotopic (exact) mass is 291 g/mol. The standard InChI is InChI=1S/C17H25NO3/c1-14(2)17(13-19)9-6-10-18(12-17)16(20)21-11-15-7-4-3-5-8-15/h3-5,7-8,14,19H,6,9-13H2,1-2H3. The Morgan fingerprint density at radius 2 is 2.10 bits per heavy atom. The predicted octanol–water partition coefficient (Wildman–Crippen LogP) is 3.05. The Bertz CT molecular complexity index is 460. The molecule has 0 aliphatic carbocycles. The fraction of sp³-hybridized carbons (Fsp3) is 0.588. The summed E-state index contributed by atoms with van der Waals surface area (Å²) < 4.78 is 5.39. The average Bonchev–Trinajstić information content (AvgIpc) is 2.53. The summed E-state index contributed by atoms with van der Waals surface area (Å²) in [5, 5.41) is 9.74. The van der Waals surface area contributed by atoms with Crippen LogP contribution in [0.25, 0.3) is 0 Å². The Kier molecular flexibility index (Phi) is 5.23. The van der Waals surface area contributed by atoms with Crippen LogP contribution in [0.4, 0.5) is 4.79 Å². The van der Waals surface area contributed by atoms with E-state index in [1.54, 1.807) is 4.90 Å². The summed E-state index contributed by atoms with van der Waals surface area (Å²) in [6.45, 7) is 5.91. The first kappa shape index (κ1) is 15.8. The molecule has 0 spiro atoms. The highest BCUT2D eigenvalue weighted by molar-refractivity contribution is 5.67. The molecule has 0 saturated carbocycles. The number of hydrogen-bond acceptors (Lipinski definition) is 3. The SMILES string of the molecule is CC(C)C1(CO)CCCN(C(=O)OCc2ccccc2)C1. The van der Waals surface area contributed by atoms with Gasteiger partial charge in [0.1, 0.15) is 6.61 Å². The number of benzene rings is 1. The maximum atomic E-state index is 12.2. The van der Waals surface area contributed by atoms with Crippen molar-refractivity contribution in [2.24, 2.45) is 11.3 Å². The van der Waals surface area contributed by atoms with Crippen molar-refractivity contribution in [1.82, 2.24) is 4.90 Å². The highest BCUT2D eigenvalue weighted by atomic mass is 16.6. The van der Waals surface area contributed by atoms with Crippen molar-refractivity contribution in [3.63, 3.8) is 0 Å². The molecule has 1 unspecified atom stereocenters. The molecule has 0 bridgehead atoms. The van der Waals surface area contributed by atoms with Crippen LogP contribution in [0.5, 0.6) is 0 Å². The van der Waals surface area contributed by atoms with Crippen LogP contribution in [-0.2, 0) is 11.3 Å². The third kappa shape index (κ3) is 3.76. The van der Waals surface area contributed by atoms with Crippen molar-refractivity contribution < 1.29 is 14.6 Å². The van der Waals surface area contributed by atoms with Gasteiger partial charge in [-0.3, -0.25) is 0 Å². The number of hydrogen-bond donors (Lipinski definition) is 1. The van der Waals surface area contributed by atoms with Gasteiger partial charge < -0.3 is 14.7 Å². The molecule has 1 amide bonds. The molecule has 4 heteroatoms. The van der Waals surface area contributed by atoms with Crippen LogP contribution in [0.2, 0.25) is 0 Å². The normalized spacial score (nSPS) is 22.4. The molecule has 1 fully saturated rings. The molecule has 0 aromatic heterocycles. The Morgan fingerprint density at radius 1 is 1.38 bits per heavy atom. The number of carbonyl (C=O) groups excluding carboxylic acids is 1. The summed E-state index contributed by atoms with van der Waals surface area (Å²) in [5.41, 5.74) is 0.796. The van der Waals surface area contributed by atoms with E-state index in [0.717, 1.165) is 18.4 Å². The molecule has 1 saturated heterocycles. The minimum absolute atomic E-state index is 0.118. The van der Waals surface area contributed by atoms with E-state index in [0.29, 0.717) is 25.6 Å². The summed E-state index contributed by atoms with van der Waals surface area (Å²) in [6.07, 6.45) is 1.60. The molecular weight excluding hydrogens is 266 g/mol.